The number of allylic oxidation sites excluding steroid dienone is 1. The maximum Gasteiger partial charge on any atom is 0.416 e. The van der Waals surface area contributed by atoms with E-state index in [-0.39, 0.29) is 35.2 Å². The zero-order chi connectivity index (χ0) is 26.7. The molecule has 0 amide bonds. The molecule has 0 unspecified atom stereocenters. The molecule has 0 fully saturated rings. The van der Waals surface area contributed by atoms with Crippen molar-refractivity contribution < 1.29 is 30.7 Å². The van der Waals surface area contributed by atoms with Crippen LogP contribution in [0.25, 0.3) is 11.6 Å². The smallest absolute Gasteiger partial charge is 0.416 e. The molecule has 4 nitrogen and oxygen atoms in total. The molecule has 0 bridgehead atoms. The average Bonchev–Trinajstić information content (AvgIpc) is 2.84. The molecule has 0 radical (unpaired) electrons. The van der Waals surface area contributed by atoms with Gasteiger partial charge in [0.25, 0.3) is 10.0 Å². The second-order valence-electron chi connectivity index (χ2n) is 7.60. The van der Waals surface area contributed by atoms with Gasteiger partial charge >= 0.3 is 6.18 Å². The fourth-order valence-corrected chi connectivity index (χ4v) is 5.52. The summed E-state index contributed by atoms with van der Waals surface area (Å²) in [7, 11) is -4.32. The molecule has 192 valence electrons. The number of fused-ring (bicyclic) bond motifs is 1. The van der Waals surface area contributed by atoms with Gasteiger partial charge in [0.05, 0.1) is 27.7 Å². The SMILES string of the molecule is C/C(=C\c1ccc2c(c1)N(S(=O)(=O)c1cccc(C(F)(F)F)c1)CCO2)c1c(F)cccc1Cl.CC. The first-order valence-electron chi connectivity index (χ1n) is 11.1. The molecule has 0 saturated carbocycles. The lowest BCUT2D eigenvalue weighted by molar-refractivity contribution is -0.137. The van der Waals surface area contributed by atoms with Gasteiger partial charge in [-0.2, -0.15) is 13.2 Å². The predicted molar refractivity (Wildman–Crippen MR) is 134 cm³/mol. The number of benzene rings is 3. The summed E-state index contributed by atoms with van der Waals surface area (Å²) in [5.41, 5.74) is 0.366. The van der Waals surface area contributed by atoms with Gasteiger partial charge in [-0.3, -0.25) is 4.31 Å². The van der Waals surface area contributed by atoms with Crippen LogP contribution in [0.2, 0.25) is 5.02 Å². The number of sulfonamides is 1. The zero-order valence-corrected chi connectivity index (χ0v) is 21.3. The number of ether oxygens (including phenoxy) is 1. The average molecular weight is 542 g/mol. The molecule has 0 spiro atoms. The van der Waals surface area contributed by atoms with Gasteiger partial charge in [0.15, 0.2) is 0 Å². The van der Waals surface area contributed by atoms with Crippen molar-refractivity contribution in [1.82, 2.24) is 0 Å². The number of rotatable bonds is 4. The summed E-state index contributed by atoms with van der Waals surface area (Å²) in [6.07, 6.45) is -3.05. The van der Waals surface area contributed by atoms with E-state index in [1.165, 1.54) is 18.2 Å². The minimum absolute atomic E-state index is 0.0320. The molecule has 3 aromatic rings. The lowest BCUT2D eigenvalue weighted by atomic mass is 10.0. The van der Waals surface area contributed by atoms with Crippen LogP contribution in [0.5, 0.6) is 5.75 Å². The molecule has 0 saturated heterocycles. The van der Waals surface area contributed by atoms with Gasteiger partial charge in [0.2, 0.25) is 0 Å². The summed E-state index contributed by atoms with van der Waals surface area (Å²) in [4.78, 5) is -0.481. The van der Waals surface area contributed by atoms with E-state index in [2.05, 4.69) is 0 Å². The van der Waals surface area contributed by atoms with Crippen LogP contribution in [-0.4, -0.2) is 21.6 Å². The van der Waals surface area contributed by atoms with Crippen molar-refractivity contribution in [2.45, 2.75) is 31.8 Å². The van der Waals surface area contributed by atoms with Crippen molar-refractivity contribution in [3.8, 4) is 5.75 Å². The van der Waals surface area contributed by atoms with E-state index in [9.17, 15) is 26.0 Å². The van der Waals surface area contributed by atoms with E-state index in [0.717, 1.165) is 22.5 Å². The number of hydrogen-bond acceptors (Lipinski definition) is 3. The van der Waals surface area contributed by atoms with Gasteiger partial charge in [-0.05, 0) is 60.5 Å². The van der Waals surface area contributed by atoms with Crippen molar-refractivity contribution in [1.29, 1.82) is 0 Å². The molecule has 4 rings (SSSR count). The topological polar surface area (TPSA) is 46.6 Å². The number of halogens is 5. The Balaban J connectivity index is 0.00000176. The maximum absolute atomic E-state index is 14.3. The van der Waals surface area contributed by atoms with Crippen LogP contribution in [0.3, 0.4) is 0 Å². The molecule has 0 N–H and O–H groups in total. The molecular weight excluding hydrogens is 518 g/mol. The molecule has 0 aliphatic carbocycles. The third-order valence-electron chi connectivity index (χ3n) is 5.29. The Morgan fingerprint density at radius 2 is 1.75 bits per heavy atom. The molecule has 1 aliphatic rings. The molecular formula is C26H24ClF4NO3S. The second kappa shape index (κ2) is 10.9. The number of hydrogen-bond donors (Lipinski definition) is 0. The summed E-state index contributed by atoms with van der Waals surface area (Å²) in [5.74, 6) is -0.239. The summed E-state index contributed by atoms with van der Waals surface area (Å²) in [5, 5.41) is 0.226. The Morgan fingerprint density at radius 1 is 1.06 bits per heavy atom. The molecule has 1 heterocycles. The first kappa shape index (κ1) is 27.5. The highest BCUT2D eigenvalue weighted by Crippen LogP contribution is 2.38. The Labute approximate surface area is 212 Å². The number of anilines is 1. The van der Waals surface area contributed by atoms with E-state index in [1.807, 2.05) is 13.8 Å². The van der Waals surface area contributed by atoms with Crippen LogP contribution in [0, 0.1) is 5.82 Å². The van der Waals surface area contributed by atoms with Gasteiger partial charge in [-0.15, -0.1) is 0 Å². The third-order valence-corrected chi connectivity index (χ3v) is 7.42. The molecule has 3 aromatic carbocycles. The monoisotopic (exact) mass is 541 g/mol. The van der Waals surface area contributed by atoms with E-state index in [1.54, 1.807) is 31.2 Å². The first-order chi connectivity index (χ1) is 17.0. The lowest BCUT2D eigenvalue weighted by Gasteiger charge is -2.31. The van der Waals surface area contributed by atoms with Crippen molar-refractivity contribution in [3.63, 3.8) is 0 Å². The quantitative estimate of drug-likeness (QED) is 0.251. The Kier molecular flexibility index (Phi) is 8.36. The van der Waals surface area contributed by atoms with Gasteiger partial charge in [0, 0.05) is 5.56 Å². The fourth-order valence-electron chi connectivity index (χ4n) is 3.71. The lowest BCUT2D eigenvalue weighted by Crippen LogP contribution is -2.38. The largest absolute Gasteiger partial charge is 0.489 e. The van der Waals surface area contributed by atoms with Gasteiger partial charge in [0.1, 0.15) is 18.2 Å². The van der Waals surface area contributed by atoms with Crippen LogP contribution in [0.1, 0.15) is 37.5 Å². The highest BCUT2D eigenvalue weighted by molar-refractivity contribution is 7.92. The van der Waals surface area contributed by atoms with Crippen LogP contribution < -0.4 is 9.04 Å². The highest BCUT2D eigenvalue weighted by Gasteiger charge is 2.34. The van der Waals surface area contributed by atoms with Gasteiger partial charge in [-0.1, -0.05) is 49.7 Å². The Hall–Kier alpha value is -3.04. The summed E-state index contributed by atoms with van der Waals surface area (Å²) >= 11 is 6.13. The third kappa shape index (κ3) is 5.68. The maximum atomic E-state index is 14.3. The zero-order valence-electron chi connectivity index (χ0n) is 19.7. The normalized spacial score (nSPS) is 13.9. The van der Waals surface area contributed by atoms with E-state index < -0.39 is 32.5 Å². The number of alkyl halides is 3. The van der Waals surface area contributed by atoms with Crippen LogP contribution >= 0.6 is 11.6 Å². The fraction of sp³-hybridized carbons (Fsp3) is 0.231. The first-order valence-corrected chi connectivity index (χ1v) is 12.9. The minimum atomic E-state index is -4.68. The van der Waals surface area contributed by atoms with Crippen molar-refractivity contribution in [3.05, 3.63) is 88.2 Å². The highest BCUT2D eigenvalue weighted by atomic mass is 35.5. The van der Waals surface area contributed by atoms with Crippen molar-refractivity contribution >= 4 is 39.0 Å². The van der Waals surface area contributed by atoms with E-state index >= 15 is 0 Å². The van der Waals surface area contributed by atoms with Gasteiger partial charge in [-0.25, -0.2) is 12.8 Å². The minimum Gasteiger partial charge on any atom is -0.489 e. The van der Waals surface area contributed by atoms with E-state index in [0.29, 0.717) is 17.2 Å². The summed E-state index contributed by atoms with van der Waals surface area (Å²) < 4.78 is 86.9. The molecule has 0 atom stereocenters. The molecule has 10 heteroatoms. The second-order valence-corrected chi connectivity index (χ2v) is 9.87. The Bertz CT molecular complexity index is 1370. The Morgan fingerprint density at radius 3 is 2.42 bits per heavy atom. The van der Waals surface area contributed by atoms with Crippen LogP contribution in [0.4, 0.5) is 23.2 Å². The van der Waals surface area contributed by atoms with Crippen molar-refractivity contribution in [2.24, 2.45) is 0 Å². The molecule has 0 aromatic heterocycles. The van der Waals surface area contributed by atoms with Crippen LogP contribution in [0.15, 0.2) is 65.6 Å². The standard InChI is InChI=1S/C24H18ClF4NO3S.C2H6/c1-15(23-19(25)6-3-7-20(23)26)12-16-8-9-22-21(13-16)30(10-11-33-22)34(31,32)18-5-2-4-17(14-18)24(27,28)29;1-2/h2-9,12-14H,10-11H2,1H3;1-2H3/b15-12+;. The number of nitrogens with zero attached hydrogens (tertiary/aromatic N) is 1. The summed E-state index contributed by atoms with van der Waals surface area (Å²) in [6, 6.07) is 12.7. The van der Waals surface area contributed by atoms with Crippen molar-refractivity contribution in [2.75, 3.05) is 17.5 Å². The predicted octanol–water partition coefficient (Wildman–Crippen LogP) is 7.67. The van der Waals surface area contributed by atoms with Crippen LogP contribution in [-0.2, 0) is 16.2 Å². The summed E-state index contributed by atoms with van der Waals surface area (Å²) in [6.45, 7) is 5.61. The van der Waals surface area contributed by atoms with Gasteiger partial charge < -0.3 is 4.74 Å². The van der Waals surface area contributed by atoms with E-state index in [4.69, 9.17) is 16.3 Å². The molecule has 1 aliphatic heterocycles. The molecule has 36 heavy (non-hydrogen) atoms.